The molecule has 0 radical (unpaired) electrons. The minimum Gasteiger partial charge on any atom is -0.450 e. The van der Waals surface area contributed by atoms with Crippen molar-refractivity contribution >= 4 is 23.6 Å². The van der Waals surface area contributed by atoms with Gasteiger partial charge in [0.1, 0.15) is 5.60 Å². The Morgan fingerprint density at radius 2 is 1.94 bits per heavy atom. The van der Waals surface area contributed by atoms with Crippen molar-refractivity contribution in [3.8, 4) is 0 Å². The first-order chi connectivity index (χ1) is 15.4. The highest BCUT2D eigenvalue weighted by Gasteiger charge is 2.67. The average molecular weight is 440 g/mol. The van der Waals surface area contributed by atoms with Crippen LogP contribution in [0.4, 0.5) is 10.5 Å². The molecule has 0 aromatic heterocycles. The number of ether oxygens (including phenoxy) is 2. The maximum atomic E-state index is 13.5. The van der Waals surface area contributed by atoms with E-state index in [0.29, 0.717) is 39.1 Å². The van der Waals surface area contributed by atoms with Gasteiger partial charge in [0.15, 0.2) is 0 Å². The highest BCUT2D eigenvalue weighted by atomic mass is 16.6. The summed E-state index contributed by atoms with van der Waals surface area (Å²) in [6, 6.07) is 7.66. The fourth-order valence-corrected chi connectivity index (χ4v) is 5.57. The van der Waals surface area contributed by atoms with E-state index in [0.717, 1.165) is 11.3 Å². The lowest BCUT2D eigenvalue weighted by Crippen LogP contribution is -2.49. The van der Waals surface area contributed by atoms with E-state index in [1.165, 1.54) is 0 Å². The molecule has 0 unspecified atom stereocenters. The van der Waals surface area contributed by atoms with E-state index in [4.69, 9.17) is 9.47 Å². The predicted octanol–water partition coefficient (Wildman–Crippen LogP) is 2.34. The third kappa shape index (κ3) is 3.37. The molecule has 0 aliphatic carbocycles. The van der Waals surface area contributed by atoms with Crippen LogP contribution in [-0.2, 0) is 19.1 Å². The van der Waals surface area contributed by atoms with E-state index in [-0.39, 0.29) is 30.1 Å². The number of fused-ring (bicyclic) bond motifs is 1. The molecule has 3 saturated heterocycles. The number of benzene rings is 1. The van der Waals surface area contributed by atoms with Crippen LogP contribution in [0.5, 0.6) is 0 Å². The van der Waals surface area contributed by atoms with Crippen LogP contribution in [0.3, 0.4) is 0 Å². The molecule has 32 heavy (non-hydrogen) atoms. The van der Waals surface area contributed by atoms with Crippen molar-refractivity contribution in [1.29, 1.82) is 0 Å². The van der Waals surface area contributed by atoms with Crippen LogP contribution in [0.25, 0.3) is 0 Å². The monoisotopic (exact) mass is 439 g/mol. The van der Waals surface area contributed by atoms with Crippen LogP contribution < -0.4 is 5.32 Å². The standard InChI is InChI=1S/C24H29N3O5/c1-3-31-23(30)26-12-9-17(10-13-26)27-14-24-11-8-18(32-24)19(20(24)22(27)29)21(28)25-16-6-4-15(2)5-7-16/h4-8,11,17-20H,3,9-10,12-14H2,1-2H3,(H,25,28)/t18-,19+,20-,24-/m1/s1. The maximum absolute atomic E-state index is 13.5. The fraction of sp³-hybridized carbons (Fsp3) is 0.542. The van der Waals surface area contributed by atoms with Crippen LogP contribution in [0.2, 0.25) is 0 Å². The third-order valence-corrected chi connectivity index (χ3v) is 7.18. The van der Waals surface area contributed by atoms with E-state index in [9.17, 15) is 14.4 Å². The lowest BCUT2D eigenvalue weighted by atomic mass is 9.76. The number of anilines is 1. The Morgan fingerprint density at radius 3 is 2.62 bits per heavy atom. The fourth-order valence-electron chi connectivity index (χ4n) is 5.57. The van der Waals surface area contributed by atoms with Crippen molar-refractivity contribution in [2.75, 3.05) is 31.6 Å². The second kappa shape index (κ2) is 7.92. The number of piperidine rings is 1. The zero-order chi connectivity index (χ0) is 22.5. The highest BCUT2D eigenvalue weighted by Crippen LogP contribution is 2.52. The van der Waals surface area contributed by atoms with E-state index < -0.39 is 17.4 Å². The Bertz CT molecular complexity index is 953. The minimum absolute atomic E-state index is 0.0181. The second-order valence-electron chi connectivity index (χ2n) is 9.14. The van der Waals surface area contributed by atoms with Gasteiger partial charge in [-0.2, -0.15) is 0 Å². The first-order valence-electron chi connectivity index (χ1n) is 11.4. The van der Waals surface area contributed by atoms with E-state index in [1.807, 2.05) is 48.2 Å². The summed E-state index contributed by atoms with van der Waals surface area (Å²) in [4.78, 5) is 42.3. The molecule has 3 amide bonds. The molecule has 3 fully saturated rings. The molecule has 1 N–H and O–H groups in total. The number of likely N-dealkylation sites (tertiary alicyclic amines) is 2. The van der Waals surface area contributed by atoms with Crippen molar-refractivity contribution in [3.63, 3.8) is 0 Å². The summed E-state index contributed by atoms with van der Waals surface area (Å²) in [6.45, 7) is 5.71. The number of amides is 3. The Balaban J connectivity index is 1.29. The number of carbonyl (C=O) groups excluding carboxylic acids is 3. The molecule has 1 spiro atoms. The van der Waals surface area contributed by atoms with Crippen LogP contribution in [0, 0.1) is 18.8 Å². The highest BCUT2D eigenvalue weighted by molar-refractivity contribution is 5.99. The molecular weight excluding hydrogens is 410 g/mol. The summed E-state index contributed by atoms with van der Waals surface area (Å²) in [7, 11) is 0. The van der Waals surface area contributed by atoms with Crippen molar-refractivity contribution in [3.05, 3.63) is 42.0 Å². The summed E-state index contributed by atoms with van der Waals surface area (Å²) >= 11 is 0. The van der Waals surface area contributed by atoms with E-state index in [2.05, 4.69) is 5.32 Å². The third-order valence-electron chi connectivity index (χ3n) is 7.18. The smallest absolute Gasteiger partial charge is 0.409 e. The molecule has 170 valence electrons. The SMILES string of the molecule is CCOC(=O)N1CCC(N2C[C@@]34C=C[C@@H](O3)[C@H](C(=O)Nc3ccc(C)cc3)[C@@H]4C2=O)CC1. The van der Waals surface area contributed by atoms with Gasteiger partial charge in [0.25, 0.3) is 0 Å². The van der Waals surface area contributed by atoms with E-state index in [1.54, 1.807) is 11.8 Å². The molecule has 4 atom stereocenters. The van der Waals surface area contributed by atoms with Gasteiger partial charge in [-0.1, -0.05) is 29.8 Å². The summed E-state index contributed by atoms with van der Waals surface area (Å²) in [5.41, 5.74) is 1.11. The molecule has 4 aliphatic heterocycles. The maximum Gasteiger partial charge on any atom is 0.409 e. The van der Waals surface area contributed by atoms with E-state index >= 15 is 0 Å². The molecular formula is C24H29N3O5. The van der Waals surface area contributed by atoms with Crippen LogP contribution >= 0.6 is 0 Å². The van der Waals surface area contributed by atoms with Gasteiger partial charge in [0.2, 0.25) is 11.8 Å². The molecule has 0 saturated carbocycles. The predicted molar refractivity (Wildman–Crippen MR) is 117 cm³/mol. The molecule has 8 heteroatoms. The molecule has 1 aromatic carbocycles. The number of carbonyl (C=O) groups is 3. The first kappa shape index (κ1) is 21.0. The second-order valence-corrected chi connectivity index (χ2v) is 9.14. The Labute approximate surface area is 187 Å². The summed E-state index contributed by atoms with van der Waals surface area (Å²) in [5, 5.41) is 2.97. The summed E-state index contributed by atoms with van der Waals surface area (Å²) in [5.74, 6) is -1.25. The van der Waals surface area contributed by atoms with Crippen molar-refractivity contribution in [2.45, 2.75) is 44.4 Å². The number of hydrogen-bond acceptors (Lipinski definition) is 5. The molecule has 8 nitrogen and oxygen atoms in total. The van der Waals surface area contributed by atoms with Gasteiger partial charge >= 0.3 is 6.09 Å². The number of hydrogen-bond donors (Lipinski definition) is 1. The lowest BCUT2D eigenvalue weighted by molar-refractivity contribution is -0.138. The molecule has 1 aromatic rings. The van der Waals surface area contributed by atoms with Gasteiger partial charge < -0.3 is 24.6 Å². The number of rotatable bonds is 4. The Morgan fingerprint density at radius 1 is 1.22 bits per heavy atom. The normalized spacial score (nSPS) is 31.2. The van der Waals surface area contributed by atoms with Crippen LogP contribution in [0.1, 0.15) is 25.3 Å². The summed E-state index contributed by atoms with van der Waals surface area (Å²) < 4.78 is 11.3. The molecule has 4 heterocycles. The van der Waals surface area contributed by atoms with Crippen molar-refractivity contribution in [2.24, 2.45) is 11.8 Å². The zero-order valence-corrected chi connectivity index (χ0v) is 18.5. The molecule has 5 rings (SSSR count). The van der Waals surface area contributed by atoms with Crippen LogP contribution in [-0.4, -0.2) is 71.7 Å². The van der Waals surface area contributed by atoms with Gasteiger partial charge in [-0.3, -0.25) is 9.59 Å². The largest absolute Gasteiger partial charge is 0.450 e. The van der Waals surface area contributed by atoms with Crippen molar-refractivity contribution < 1.29 is 23.9 Å². The number of aryl methyl sites for hydroxylation is 1. The van der Waals surface area contributed by atoms with Crippen molar-refractivity contribution in [1.82, 2.24) is 9.80 Å². The minimum atomic E-state index is -0.727. The first-order valence-corrected chi connectivity index (χ1v) is 11.4. The quantitative estimate of drug-likeness (QED) is 0.728. The van der Waals surface area contributed by atoms with Gasteiger partial charge in [0, 0.05) is 24.8 Å². The van der Waals surface area contributed by atoms with Gasteiger partial charge in [-0.15, -0.1) is 0 Å². The topological polar surface area (TPSA) is 88.2 Å². The molecule has 4 aliphatic rings. The van der Waals surface area contributed by atoms with Gasteiger partial charge in [0.05, 0.1) is 31.1 Å². The number of nitrogens with one attached hydrogen (secondary N) is 1. The lowest BCUT2D eigenvalue weighted by Gasteiger charge is -2.37. The van der Waals surface area contributed by atoms with Gasteiger partial charge in [-0.25, -0.2) is 4.79 Å². The van der Waals surface area contributed by atoms with Crippen LogP contribution in [0.15, 0.2) is 36.4 Å². The summed E-state index contributed by atoms with van der Waals surface area (Å²) in [6.07, 6.45) is 4.62. The van der Waals surface area contributed by atoms with Gasteiger partial charge in [-0.05, 0) is 38.8 Å². The Hall–Kier alpha value is -2.87. The Kier molecular flexibility index (Phi) is 5.20. The average Bonchev–Trinajstić information content (AvgIpc) is 3.44. The molecule has 2 bridgehead atoms. The zero-order valence-electron chi connectivity index (χ0n) is 18.5. The number of nitrogens with zero attached hydrogens (tertiary/aromatic N) is 2.